The van der Waals surface area contributed by atoms with Crippen molar-refractivity contribution < 1.29 is 13.2 Å². The van der Waals surface area contributed by atoms with E-state index in [1.54, 1.807) is 0 Å². The van der Waals surface area contributed by atoms with Gasteiger partial charge in [0.15, 0.2) is 0 Å². The first-order chi connectivity index (χ1) is 13.4. The summed E-state index contributed by atoms with van der Waals surface area (Å²) in [5, 5.41) is 3.12. The molecule has 0 saturated carbocycles. The zero-order valence-corrected chi connectivity index (χ0v) is 17.5. The van der Waals surface area contributed by atoms with Gasteiger partial charge in [-0.05, 0) is 43.5 Å². The van der Waals surface area contributed by atoms with Gasteiger partial charge < -0.3 is 5.32 Å². The van der Waals surface area contributed by atoms with Crippen LogP contribution in [-0.4, -0.2) is 31.7 Å². The lowest BCUT2D eigenvalue weighted by molar-refractivity contribution is 0.0940. The van der Waals surface area contributed by atoms with Crippen LogP contribution in [0.2, 0.25) is 5.02 Å². The van der Waals surface area contributed by atoms with Gasteiger partial charge in [-0.3, -0.25) is 4.79 Å². The first kappa shape index (κ1) is 20.8. The van der Waals surface area contributed by atoms with Crippen molar-refractivity contribution in [2.75, 3.05) is 13.1 Å². The van der Waals surface area contributed by atoms with Crippen molar-refractivity contribution in [3.05, 3.63) is 64.7 Å². The van der Waals surface area contributed by atoms with E-state index in [0.717, 1.165) is 31.2 Å². The van der Waals surface area contributed by atoms with Gasteiger partial charge in [0.1, 0.15) is 0 Å². The largest absolute Gasteiger partial charge is 0.345 e. The molecule has 0 spiro atoms. The van der Waals surface area contributed by atoms with Gasteiger partial charge in [-0.15, -0.1) is 0 Å². The van der Waals surface area contributed by atoms with Crippen molar-refractivity contribution in [1.29, 1.82) is 0 Å². The summed E-state index contributed by atoms with van der Waals surface area (Å²) in [5.41, 5.74) is 1.13. The third kappa shape index (κ3) is 4.74. The van der Waals surface area contributed by atoms with Gasteiger partial charge in [-0.1, -0.05) is 54.8 Å². The molecule has 7 heteroatoms. The Hall–Kier alpha value is -1.89. The predicted octanol–water partition coefficient (Wildman–Crippen LogP) is 4.40. The Balaban J connectivity index is 1.83. The Labute approximate surface area is 171 Å². The standard InChI is InChI=1S/C21H25ClN2O3S/c1-16(17-9-5-4-6-10-17)23-21(25)19-15-18(11-12-20(19)22)28(26,27)24-13-7-2-3-8-14-24/h4-6,9-12,15-16H,2-3,7-8,13-14H2,1H3,(H,23,25)/t16-/m1/s1. The van der Waals surface area contributed by atoms with Crippen LogP contribution in [0.15, 0.2) is 53.4 Å². The lowest BCUT2D eigenvalue weighted by atomic mass is 10.1. The maximum Gasteiger partial charge on any atom is 0.253 e. The number of rotatable bonds is 5. The fourth-order valence-electron chi connectivity index (χ4n) is 3.37. The van der Waals surface area contributed by atoms with E-state index in [0.29, 0.717) is 13.1 Å². The smallest absolute Gasteiger partial charge is 0.253 e. The van der Waals surface area contributed by atoms with Crippen LogP contribution in [0.25, 0.3) is 0 Å². The molecule has 0 aliphatic carbocycles. The first-order valence-corrected chi connectivity index (χ1v) is 11.4. The Morgan fingerprint density at radius 2 is 1.68 bits per heavy atom. The van der Waals surface area contributed by atoms with E-state index >= 15 is 0 Å². The molecule has 0 radical (unpaired) electrons. The van der Waals surface area contributed by atoms with Gasteiger partial charge in [0.2, 0.25) is 10.0 Å². The number of hydrogen-bond acceptors (Lipinski definition) is 3. The first-order valence-electron chi connectivity index (χ1n) is 9.55. The summed E-state index contributed by atoms with van der Waals surface area (Å²) >= 11 is 6.21. The molecule has 1 aliphatic rings. The summed E-state index contributed by atoms with van der Waals surface area (Å²) in [7, 11) is -3.64. The Kier molecular flexibility index (Phi) is 6.75. The van der Waals surface area contributed by atoms with E-state index in [2.05, 4.69) is 5.32 Å². The van der Waals surface area contributed by atoms with Crippen molar-refractivity contribution in [2.24, 2.45) is 0 Å². The zero-order chi connectivity index (χ0) is 20.1. The van der Waals surface area contributed by atoms with E-state index < -0.39 is 15.9 Å². The second kappa shape index (κ2) is 9.07. The molecular weight excluding hydrogens is 396 g/mol. The quantitative estimate of drug-likeness (QED) is 0.779. The number of halogens is 1. The fourth-order valence-corrected chi connectivity index (χ4v) is 5.12. The molecule has 0 aromatic heterocycles. The van der Waals surface area contributed by atoms with Crippen LogP contribution in [0.3, 0.4) is 0 Å². The molecule has 3 rings (SSSR count). The van der Waals surface area contributed by atoms with E-state index in [4.69, 9.17) is 11.6 Å². The van der Waals surface area contributed by atoms with Crippen molar-refractivity contribution in [3.63, 3.8) is 0 Å². The summed E-state index contributed by atoms with van der Waals surface area (Å²) < 4.78 is 27.6. The molecule has 0 bridgehead atoms. The van der Waals surface area contributed by atoms with Gasteiger partial charge in [0, 0.05) is 13.1 Å². The molecule has 1 saturated heterocycles. The van der Waals surface area contributed by atoms with Crippen LogP contribution < -0.4 is 5.32 Å². The highest BCUT2D eigenvalue weighted by molar-refractivity contribution is 7.89. The van der Waals surface area contributed by atoms with E-state index in [9.17, 15) is 13.2 Å². The monoisotopic (exact) mass is 420 g/mol. The van der Waals surface area contributed by atoms with Crippen molar-refractivity contribution in [3.8, 4) is 0 Å². The number of amides is 1. The van der Waals surface area contributed by atoms with Gasteiger partial charge in [0.25, 0.3) is 5.91 Å². The second-order valence-corrected chi connectivity index (χ2v) is 9.41. The number of hydrogen-bond donors (Lipinski definition) is 1. The summed E-state index contributed by atoms with van der Waals surface area (Å²) in [4.78, 5) is 12.9. The summed E-state index contributed by atoms with van der Waals surface area (Å²) in [5.74, 6) is -0.394. The van der Waals surface area contributed by atoms with Gasteiger partial charge in [-0.25, -0.2) is 8.42 Å². The Morgan fingerprint density at radius 1 is 1.04 bits per heavy atom. The Morgan fingerprint density at radius 3 is 2.32 bits per heavy atom. The third-order valence-corrected chi connectivity index (χ3v) is 7.26. The van der Waals surface area contributed by atoms with E-state index in [1.807, 2.05) is 37.3 Å². The number of benzene rings is 2. The molecule has 2 aromatic rings. The molecular formula is C21H25ClN2O3S. The van der Waals surface area contributed by atoms with Crippen LogP contribution in [0.1, 0.15) is 54.6 Å². The number of sulfonamides is 1. The van der Waals surface area contributed by atoms with Crippen molar-refractivity contribution in [2.45, 2.75) is 43.5 Å². The van der Waals surface area contributed by atoms with E-state index in [-0.39, 0.29) is 21.5 Å². The average Bonchev–Trinajstić information content (AvgIpc) is 2.99. The molecule has 28 heavy (non-hydrogen) atoms. The average molecular weight is 421 g/mol. The Bertz CT molecular complexity index is 924. The molecule has 1 amide bonds. The molecule has 1 aliphatic heterocycles. The lowest BCUT2D eigenvalue weighted by Crippen LogP contribution is -2.32. The number of carbonyl (C=O) groups is 1. The van der Waals surface area contributed by atoms with Gasteiger partial charge >= 0.3 is 0 Å². The molecule has 1 heterocycles. The SMILES string of the molecule is C[C@@H](NC(=O)c1cc(S(=O)(=O)N2CCCCCC2)ccc1Cl)c1ccccc1. The number of nitrogens with one attached hydrogen (secondary N) is 1. The highest BCUT2D eigenvalue weighted by Gasteiger charge is 2.27. The van der Waals surface area contributed by atoms with Crippen LogP contribution >= 0.6 is 11.6 Å². The molecule has 1 fully saturated rings. The topological polar surface area (TPSA) is 66.5 Å². The minimum Gasteiger partial charge on any atom is -0.345 e. The third-order valence-electron chi connectivity index (χ3n) is 5.03. The van der Waals surface area contributed by atoms with Crippen LogP contribution in [0.4, 0.5) is 0 Å². The van der Waals surface area contributed by atoms with Gasteiger partial charge in [0.05, 0.1) is 21.5 Å². The van der Waals surface area contributed by atoms with Gasteiger partial charge in [-0.2, -0.15) is 4.31 Å². The maximum atomic E-state index is 13.0. The molecule has 1 N–H and O–H groups in total. The second-order valence-electron chi connectivity index (χ2n) is 7.07. The summed E-state index contributed by atoms with van der Waals surface area (Å²) in [6, 6.07) is 13.7. The van der Waals surface area contributed by atoms with Crippen molar-refractivity contribution >= 4 is 27.5 Å². The summed E-state index contributed by atoms with van der Waals surface area (Å²) in [6.07, 6.45) is 3.79. The molecule has 1 atom stereocenters. The van der Waals surface area contributed by atoms with Crippen LogP contribution in [0, 0.1) is 0 Å². The molecule has 2 aromatic carbocycles. The zero-order valence-electron chi connectivity index (χ0n) is 15.9. The number of nitrogens with zero attached hydrogens (tertiary/aromatic N) is 1. The molecule has 150 valence electrons. The minimum absolute atomic E-state index is 0.108. The van der Waals surface area contributed by atoms with E-state index in [1.165, 1.54) is 22.5 Å². The molecule has 0 unspecified atom stereocenters. The normalized spacial score (nSPS) is 16.9. The fraction of sp³-hybridized carbons (Fsp3) is 0.381. The van der Waals surface area contributed by atoms with Crippen LogP contribution in [-0.2, 0) is 10.0 Å². The van der Waals surface area contributed by atoms with Crippen LogP contribution in [0.5, 0.6) is 0 Å². The summed E-state index contributed by atoms with van der Waals surface area (Å²) in [6.45, 7) is 2.90. The predicted molar refractivity (Wildman–Crippen MR) is 111 cm³/mol. The lowest BCUT2D eigenvalue weighted by Gasteiger charge is -2.21. The minimum atomic E-state index is -3.64. The highest BCUT2D eigenvalue weighted by atomic mass is 35.5. The highest BCUT2D eigenvalue weighted by Crippen LogP contribution is 2.25. The number of carbonyl (C=O) groups excluding carboxylic acids is 1. The van der Waals surface area contributed by atoms with Crippen molar-refractivity contribution in [1.82, 2.24) is 9.62 Å². The maximum absolute atomic E-state index is 13.0. The molecule has 5 nitrogen and oxygen atoms in total.